The first-order valence-electron chi connectivity index (χ1n) is 33.2. The van der Waals surface area contributed by atoms with Crippen LogP contribution in [0, 0.1) is 0 Å². The predicted molar refractivity (Wildman–Crippen MR) is 336 cm³/mol. The molecule has 0 atom stereocenters. The first-order chi connectivity index (χ1) is 39.3. The zero-order valence-corrected chi connectivity index (χ0v) is 52.3. The van der Waals surface area contributed by atoms with Crippen LogP contribution in [0.15, 0.2) is 24.3 Å². The summed E-state index contributed by atoms with van der Waals surface area (Å²) in [5.41, 5.74) is 1.61. The van der Waals surface area contributed by atoms with Crippen LogP contribution in [0.25, 0.3) is 21.1 Å². The predicted octanol–water partition coefficient (Wildman–Crippen LogP) is 17.9. The van der Waals surface area contributed by atoms with Crippen LogP contribution in [0.3, 0.4) is 0 Å². The molecule has 0 aliphatic rings. The molecule has 12 nitrogen and oxygen atoms in total. The van der Waals surface area contributed by atoms with Crippen molar-refractivity contribution in [3.8, 4) is 0 Å². The monoisotopic (exact) mass is 1130 g/mol. The maximum Gasteiger partial charge on any atom is 0.307 e. The Balaban J connectivity index is 1.53. The molecule has 0 saturated carbocycles. The number of nitrogens with zero attached hydrogens (tertiary/aromatic N) is 4. The fraction of sp³-hybridized carbons (Fsp3) is 0.791. The number of fused-ring (bicyclic) bond motifs is 3. The molecule has 2 heterocycles. The lowest BCUT2D eigenvalue weighted by molar-refractivity contribution is -0.145. The van der Waals surface area contributed by atoms with Gasteiger partial charge in [0.05, 0.1) is 54.3 Å². The van der Waals surface area contributed by atoms with Gasteiger partial charge in [0, 0.05) is 31.4 Å². The minimum atomic E-state index is -0.188. The van der Waals surface area contributed by atoms with E-state index in [0.717, 1.165) is 116 Å². The molecule has 0 unspecified atom stereocenters. The van der Waals surface area contributed by atoms with Crippen LogP contribution < -0.4 is 5.32 Å². The SMILES string of the molecule is CCCCCCCCCCCCOC(=O)CCN(CCCCCC(=O)Nc1nc2ccccc2c2sc(CCC)nc12)CCCN(CCC(=O)OCCCCCCCCCCCC)CCC(=O)OCCCCCCCCCCCC. The lowest BCUT2D eigenvalue weighted by Gasteiger charge is -2.25. The minimum absolute atomic E-state index is 0.0633. The van der Waals surface area contributed by atoms with Crippen molar-refractivity contribution in [2.45, 2.75) is 285 Å². The second kappa shape index (κ2) is 48.8. The number of esters is 3. The number of thiazole rings is 1. The van der Waals surface area contributed by atoms with Gasteiger partial charge in [0.1, 0.15) is 5.52 Å². The zero-order valence-electron chi connectivity index (χ0n) is 51.5. The second-order valence-electron chi connectivity index (χ2n) is 22.9. The number of carbonyl (C=O) groups is 4. The number of pyridine rings is 1. The molecule has 456 valence electrons. The van der Waals surface area contributed by atoms with Gasteiger partial charge in [0.15, 0.2) is 5.82 Å². The van der Waals surface area contributed by atoms with Gasteiger partial charge in [0.25, 0.3) is 0 Å². The summed E-state index contributed by atoms with van der Waals surface area (Å²) in [7, 11) is 0. The molecule has 3 aromatic rings. The lowest BCUT2D eigenvalue weighted by Crippen LogP contribution is -2.34. The molecule has 0 bridgehead atoms. The Morgan fingerprint density at radius 1 is 0.425 bits per heavy atom. The third-order valence-corrected chi connectivity index (χ3v) is 16.7. The van der Waals surface area contributed by atoms with Crippen LogP contribution in [-0.2, 0) is 39.8 Å². The number of hydrogen-bond acceptors (Lipinski definition) is 12. The smallest absolute Gasteiger partial charge is 0.307 e. The normalized spacial score (nSPS) is 11.6. The number of unbranched alkanes of at least 4 members (excludes halogenated alkanes) is 29. The number of aromatic nitrogens is 2. The maximum atomic E-state index is 13.4. The lowest BCUT2D eigenvalue weighted by atomic mass is 10.1. The van der Waals surface area contributed by atoms with Crippen molar-refractivity contribution in [2.75, 3.05) is 64.4 Å². The molecule has 1 amide bonds. The number of rotatable bonds is 55. The van der Waals surface area contributed by atoms with Crippen molar-refractivity contribution in [1.82, 2.24) is 19.8 Å². The van der Waals surface area contributed by atoms with Gasteiger partial charge in [-0.25, -0.2) is 9.97 Å². The number of hydrogen-bond donors (Lipinski definition) is 1. The van der Waals surface area contributed by atoms with Crippen molar-refractivity contribution in [3.05, 3.63) is 29.3 Å². The van der Waals surface area contributed by atoms with E-state index in [-0.39, 0.29) is 36.7 Å². The summed E-state index contributed by atoms with van der Waals surface area (Å²) in [5, 5.41) is 5.22. The highest BCUT2D eigenvalue weighted by atomic mass is 32.1. The molecule has 0 fully saturated rings. The molecule has 1 aromatic carbocycles. The molecule has 0 aliphatic carbocycles. The van der Waals surface area contributed by atoms with Gasteiger partial charge in [-0.3, -0.25) is 19.2 Å². The van der Waals surface area contributed by atoms with E-state index in [9.17, 15) is 19.2 Å². The van der Waals surface area contributed by atoms with E-state index in [0.29, 0.717) is 64.7 Å². The number of aryl methyl sites for hydroxylation is 1. The summed E-state index contributed by atoms with van der Waals surface area (Å²) in [6, 6.07) is 8.05. The summed E-state index contributed by atoms with van der Waals surface area (Å²) >= 11 is 1.69. The van der Waals surface area contributed by atoms with E-state index in [4.69, 9.17) is 24.2 Å². The quantitative estimate of drug-likeness (QED) is 0.0328. The summed E-state index contributed by atoms with van der Waals surface area (Å²) in [6.45, 7) is 14.2. The largest absolute Gasteiger partial charge is 0.466 e. The average molecular weight is 1130 g/mol. The standard InChI is InChI=1S/C67H115N5O7S/c1-5-9-12-15-18-21-24-27-30-38-55-77-62(74)46-52-71(49-37-33-34-45-60(73)69-67-65-66(80-61(70-65)42-8-4)58-43-35-36-44-59(58)68-67)50-41-51-72(53-47-63(75)78-56-39-31-28-25-22-19-16-13-10-6-2)54-48-64(76)79-57-40-32-29-26-23-20-17-14-11-7-3/h35-36,43-44H,5-34,37-42,45-57H2,1-4H3,(H,68,69,73). The molecule has 0 aliphatic heterocycles. The Kier molecular flexibility index (Phi) is 43.1. The van der Waals surface area contributed by atoms with Crippen LogP contribution in [0.4, 0.5) is 5.82 Å². The summed E-state index contributed by atoms with van der Waals surface area (Å²) in [4.78, 5) is 66.7. The van der Waals surface area contributed by atoms with Crippen LogP contribution in [0.1, 0.15) is 283 Å². The molecule has 1 N–H and O–H groups in total. The van der Waals surface area contributed by atoms with Crippen molar-refractivity contribution >= 4 is 62.1 Å². The Morgan fingerprint density at radius 2 is 0.812 bits per heavy atom. The number of amides is 1. The van der Waals surface area contributed by atoms with Gasteiger partial charge in [-0.15, -0.1) is 11.3 Å². The zero-order chi connectivity index (χ0) is 57.4. The minimum Gasteiger partial charge on any atom is -0.466 e. The highest BCUT2D eigenvalue weighted by Gasteiger charge is 2.18. The number of anilines is 1. The molecular weight excluding hydrogens is 1020 g/mol. The maximum absolute atomic E-state index is 13.4. The van der Waals surface area contributed by atoms with Crippen molar-refractivity contribution in [2.24, 2.45) is 0 Å². The van der Waals surface area contributed by atoms with Crippen LogP contribution in [-0.4, -0.2) is 103 Å². The van der Waals surface area contributed by atoms with E-state index < -0.39 is 0 Å². The van der Waals surface area contributed by atoms with Gasteiger partial charge in [-0.05, 0) is 77.1 Å². The van der Waals surface area contributed by atoms with Crippen molar-refractivity contribution in [1.29, 1.82) is 0 Å². The van der Waals surface area contributed by atoms with Gasteiger partial charge in [-0.1, -0.05) is 226 Å². The van der Waals surface area contributed by atoms with Gasteiger partial charge in [0.2, 0.25) is 5.91 Å². The van der Waals surface area contributed by atoms with Gasteiger partial charge >= 0.3 is 17.9 Å². The molecule has 0 radical (unpaired) electrons. The fourth-order valence-corrected chi connectivity index (χ4v) is 11.7. The fourth-order valence-electron chi connectivity index (χ4n) is 10.5. The van der Waals surface area contributed by atoms with Crippen molar-refractivity contribution < 1.29 is 33.4 Å². The first-order valence-corrected chi connectivity index (χ1v) is 34.0. The number of carbonyl (C=O) groups excluding carboxylic acids is 4. The van der Waals surface area contributed by atoms with Gasteiger partial charge in [-0.2, -0.15) is 0 Å². The van der Waals surface area contributed by atoms with Crippen LogP contribution in [0.5, 0.6) is 0 Å². The van der Waals surface area contributed by atoms with Crippen LogP contribution >= 0.6 is 11.3 Å². The molecular formula is C67H115N5O7S. The van der Waals surface area contributed by atoms with Gasteiger partial charge < -0.3 is 29.3 Å². The Morgan fingerprint density at radius 3 is 1.25 bits per heavy atom. The van der Waals surface area contributed by atoms with E-state index in [1.807, 2.05) is 18.2 Å². The Bertz CT molecular complexity index is 1990. The number of ether oxygens (including phenoxy) is 3. The first kappa shape index (κ1) is 70.6. The Labute approximate surface area is 491 Å². The highest BCUT2D eigenvalue weighted by Crippen LogP contribution is 2.34. The molecule has 80 heavy (non-hydrogen) atoms. The van der Waals surface area contributed by atoms with E-state index in [2.05, 4.69) is 48.9 Å². The topological polar surface area (TPSA) is 140 Å². The number of nitrogens with one attached hydrogen (secondary N) is 1. The molecule has 2 aromatic heterocycles. The van der Waals surface area contributed by atoms with Crippen molar-refractivity contribution in [3.63, 3.8) is 0 Å². The van der Waals surface area contributed by atoms with E-state index in [1.165, 1.54) is 154 Å². The highest BCUT2D eigenvalue weighted by molar-refractivity contribution is 7.19. The van der Waals surface area contributed by atoms with E-state index in [1.54, 1.807) is 11.3 Å². The second-order valence-corrected chi connectivity index (χ2v) is 23.9. The summed E-state index contributed by atoms with van der Waals surface area (Å²) < 4.78 is 18.2. The molecule has 0 saturated heterocycles. The molecule has 3 rings (SSSR count). The Hall–Kier alpha value is -3.68. The molecule has 13 heteroatoms. The third kappa shape index (κ3) is 35.3. The summed E-state index contributed by atoms with van der Waals surface area (Å²) in [6.07, 6.45) is 43.4. The summed E-state index contributed by atoms with van der Waals surface area (Å²) in [5.74, 6) is -0.0638. The number of para-hydroxylation sites is 1. The average Bonchev–Trinajstić information content (AvgIpc) is 3.91. The number of benzene rings is 1. The van der Waals surface area contributed by atoms with E-state index >= 15 is 0 Å². The third-order valence-electron chi connectivity index (χ3n) is 15.5. The molecule has 0 spiro atoms. The van der Waals surface area contributed by atoms with Crippen LogP contribution in [0.2, 0.25) is 0 Å².